The maximum absolute atomic E-state index is 12.4. The van der Waals surface area contributed by atoms with Gasteiger partial charge in [-0.2, -0.15) is 5.10 Å². The van der Waals surface area contributed by atoms with Crippen molar-refractivity contribution in [2.45, 2.75) is 13.5 Å². The Morgan fingerprint density at radius 3 is 2.68 bits per heavy atom. The van der Waals surface area contributed by atoms with Crippen LogP contribution in [0.2, 0.25) is 0 Å². The molecule has 0 fully saturated rings. The Bertz CT molecular complexity index is 1270. The van der Waals surface area contributed by atoms with Gasteiger partial charge in [0.15, 0.2) is 0 Å². The molecular formula is C22H19N5O3S. The van der Waals surface area contributed by atoms with Crippen LogP contribution >= 0.6 is 11.3 Å². The molecule has 4 aromatic rings. The van der Waals surface area contributed by atoms with E-state index >= 15 is 0 Å². The third-order valence-electron chi connectivity index (χ3n) is 4.67. The molecule has 156 valence electrons. The van der Waals surface area contributed by atoms with E-state index in [1.54, 1.807) is 43.6 Å². The molecule has 0 saturated carbocycles. The van der Waals surface area contributed by atoms with Crippen molar-refractivity contribution in [3.63, 3.8) is 0 Å². The minimum atomic E-state index is -1.02. The molecule has 8 nitrogen and oxygen atoms in total. The number of benzene rings is 1. The maximum atomic E-state index is 12.4. The molecule has 3 aromatic heterocycles. The van der Waals surface area contributed by atoms with Crippen LogP contribution in [0.1, 0.15) is 12.5 Å². The van der Waals surface area contributed by atoms with E-state index in [0.29, 0.717) is 22.9 Å². The van der Waals surface area contributed by atoms with E-state index in [1.807, 2.05) is 23.6 Å². The van der Waals surface area contributed by atoms with Gasteiger partial charge in [-0.1, -0.05) is 12.1 Å². The fourth-order valence-corrected chi connectivity index (χ4v) is 3.94. The summed E-state index contributed by atoms with van der Waals surface area (Å²) in [5, 5.41) is 16.5. The number of amides is 1. The topological polar surface area (TPSA) is 101 Å². The van der Waals surface area contributed by atoms with Crippen molar-refractivity contribution in [2.24, 2.45) is 0 Å². The zero-order valence-electron chi connectivity index (χ0n) is 16.7. The van der Waals surface area contributed by atoms with Gasteiger partial charge in [-0.25, -0.2) is 14.5 Å². The quantitative estimate of drug-likeness (QED) is 0.494. The van der Waals surface area contributed by atoms with E-state index in [4.69, 9.17) is 0 Å². The third kappa shape index (κ3) is 4.51. The van der Waals surface area contributed by atoms with Crippen LogP contribution < -0.4 is 10.5 Å². The van der Waals surface area contributed by atoms with Crippen molar-refractivity contribution in [1.82, 2.24) is 19.7 Å². The van der Waals surface area contributed by atoms with Crippen molar-refractivity contribution in [1.29, 1.82) is 0 Å². The van der Waals surface area contributed by atoms with Gasteiger partial charge in [0.05, 0.1) is 12.2 Å². The number of hydrogen-bond donors (Lipinski definition) is 1. The summed E-state index contributed by atoms with van der Waals surface area (Å²) < 4.78 is 1.36. The Morgan fingerprint density at radius 1 is 1.13 bits per heavy atom. The number of aromatic nitrogens is 4. The van der Waals surface area contributed by atoms with Crippen LogP contribution in [0.25, 0.3) is 22.0 Å². The number of pyridine rings is 1. The lowest BCUT2D eigenvalue weighted by Crippen LogP contribution is -2.29. The minimum absolute atomic E-state index is 0.222. The highest BCUT2D eigenvalue weighted by atomic mass is 32.1. The number of carbonyl (C=O) groups is 1. The van der Waals surface area contributed by atoms with Gasteiger partial charge >= 0.3 is 6.09 Å². The molecule has 0 spiro atoms. The molecule has 0 atom stereocenters. The zero-order chi connectivity index (χ0) is 21.8. The average molecular weight is 433 g/mol. The van der Waals surface area contributed by atoms with Gasteiger partial charge < -0.3 is 5.11 Å². The first-order valence-corrected chi connectivity index (χ1v) is 10.5. The van der Waals surface area contributed by atoms with Crippen molar-refractivity contribution in [2.75, 3.05) is 11.4 Å². The first-order valence-electron chi connectivity index (χ1n) is 9.59. The molecule has 0 radical (unpaired) electrons. The Hall–Kier alpha value is -3.85. The fourth-order valence-electron chi connectivity index (χ4n) is 3.15. The van der Waals surface area contributed by atoms with Crippen molar-refractivity contribution < 1.29 is 9.90 Å². The fraction of sp³-hybridized carbons (Fsp3) is 0.136. The Kier molecular flexibility index (Phi) is 5.85. The first-order chi connectivity index (χ1) is 15.0. The van der Waals surface area contributed by atoms with E-state index in [-0.39, 0.29) is 12.1 Å². The van der Waals surface area contributed by atoms with Crippen LogP contribution in [0.15, 0.2) is 71.1 Å². The Morgan fingerprint density at radius 2 is 1.94 bits per heavy atom. The molecule has 3 heterocycles. The predicted molar refractivity (Wildman–Crippen MR) is 119 cm³/mol. The summed E-state index contributed by atoms with van der Waals surface area (Å²) in [5.74, 6) is 0. The summed E-state index contributed by atoms with van der Waals surface area (Å²) in [6.45, 7) is 2.32. The maximum Gasteiger partial charge on any atom is 0.411 e. The van der Waals surface area contributed by atoms with Gasteiger partial charge in [-0.05, 0) is 42.8 Å². The molecule has 0 unspecified atom stereocenters. The highest BCUT2D eigenvalue weighted by Gasteiger charge is 2.13. The van der Waals surface area contributed by atoms with E-state index < -0.39 is 6.09 Å². The lowest BCUT2D eigenvalue weighted by molar-refractivity contribution is 0.202. The number of carboxylic acid groups (broad SMARTS) is 1. The van der Waals surface area contributed by atoms with Crippen LogP contribution in [0.5, 0.6) is 0 Å². The molecule has 0 aliphatic heterocycles. The second kappa shape index (κ2) is 8.88. The summed E-state index contributed by atoms with van der Waals surface area (Å²) >= 11 is 1.45. The molecule has 1 N–H and O–H groups in total. The van der Waals surface area contributed by atoms with Crippen molar-refractivity contribution >= 4 is 23.1 Å². The normalized spacial score (nSPS) is 10.7. The number of hydrogen-bond acceptors (Lipinski definition) is 6. The largest absolute Gasteiger partial charge is 0.465 e. The van der Waals surface area contributed by atoms with Crippen LogP contribution in [0.3, 0.4) is 0 Å². The molecule has 4 rings (SSSR count). The molecule has 0 saturated heterocycles. The van der Waals surface area contributed by atoms with Gasteiger partial charge in [0, 0.05) is 41.6 Å². The summed E-state index contributed by atoms with van der Waals surface area (Å²) in [4.78, 5) is 33.7. The number of rotatable bonds is 6. The molecule has 0 bridgehead atoms. The SMILES string of the molecule is CCN(C(=O)O)c1cccc(Cn2nc(-c3nc(-c4ccncc4)cs3)ccc2=O)c1. The summed E-state index contributed by atoms with van der Waals surface area (Å²) in [5.41, 5.74) is 3.47. The molecule has 0 aliphatic rings. The molecule has 1 aromatic carbocycles. The van der Waals surface area contributed by atoms with Gasteiger partial charge in [0.2, 0.25) is 0 Å². The average Bonchev–Trinajstić information content (AvgIpc) is 3.27. The van der Waals surface area contributed by atoms with E-state index in [0.717, 1.165) is 16.8 Å². The predicted octanol–water partition coefficient (Wildman–Crippen LogP) is 3.98. The number of anilines is 1. The third-order valence-corrected chi connectivity index (χ3v) is 5.53. The Labute approximate surface area is 182 Å². The summed E-state index contributed by atoms with van der Waals surface area (Å²) in [7, 11) is 0. The minimum Gasteiger partial charge on any atom is -0.465 e. The van der Waals surface area contributed by atoms with Crippen LogP contribution in [-0.4, -0.2) is 37.5 Å². The molecule has 9 heteroatoms. The monoisotopic (exact) mass is 433 g/mol. The van der Waals surface area contributed by atoms with Crippen molar-refractivity contribution in [3.8, 4) is 22.0 Å². The van der Waals surface area contributed by atoms with Gasteiger partial charge in [-0.3, -0.25) is 14.7 Å². The van der Waals surface area contributed by atoms with Gasteiger partial charge in [0.1, 0.15) is 10.7 Å². The molecular weight excluding hydrogens is 414 g/mol. The van der Waals surface area contributed by atoms with Crippen molar-refractivity contribution in [3.05, 3.63) is 82.2 Å². The van der Waals surface area contributed by atoms with Gasteiger partial charge in [0.25, 0.3) is 5.56 Å². The van der Waals surface area contributed by atoms with E-state index in [2.05, 4.69) is 15.1 Å². The standard InChI is InChI=1S/C22H19N5O3S/c1-2-26(22(29)30)17-5-3-4-15(12-17)13-27-20(28)7-6-18(25-27)21-24-19(14-31-21)16-8-10-23-11-9-16/h3-12,14H,2,13H2,1H3,(H,29,30). The Balaban J connectivity index is 1.62. The second-order valence-corrected chi connectivity index (χ2v) is 7.54. The van der Waals surface area contributed by atoms with Crippen LogP contribution in [-0.2, 0) is 6.54 Å². The lowest BCUT2D eigenvalue weighted by Gasteiger charge is -2.18. The highest BCUT2D eigenvalue weighted by molar-refractivity contribution is 7.13. The lowest BCUT2D eigenvalue weighted by atomic mass is 10.2. The van der Waals surface area contributed by atoms with Gasteiger partial charge in [-0.15, -0.1) is 11.3 Å². The highest BCUT2D eigenvalue weighted by Crippen LogP contribution is 2.27. The summed E-state index contributed by atoms with van der Waals surface area (Å²) in [6.07, 6.45) is 2.40. The molecule has 1 amide bonds. The first kappa shape index (κ1) is 20.4. The van der Waals surface area contributed by atoms with Crippen LogP contribution in [0, 0.1) is 0 Å². The van der Waals surface area contributed by atoms with E-state index in [1.165, 1.54) is 27.0 Å². The zero-order valence-corrected chi connectivity index (χ0v) is 17.5. The second-order valence-electron chi connectivity index (χ2n) is 6.68. The summed E-state index contributed by atoms with van der Waals surface area (Å²) in [6, 6.07) is 14.0. The number of thiazole rings is 1. The van der Waals surface area contributed by atoms with Crippen LogP contribution in [0.4, 0.5) is 10.5 Å². The smallest absolute Gasteiger partial charge is 0.411 e. The molecule has 0 aliphatic carbocycles. The van der Waals surface area contributed by atoms with E-state index in [9.17, 15) is 14.7 Å². The number of nitrogens with zero attached hydrogens (tertiary/aromatic N) is 5. The molecule has 31 heavy (non-hydrogen) atoms.